The monoisotopic (exact) mass is 684 g/mol. The molecule has 0 bridgehead atoms. The van der Waals surface area contributed by atoms with Crippen molar-refractivity contribution in [3.8, 4) is 0 Å². The molecule has 12 nitrogen and oxygen atoms in total. The maximum atomic E-state index is 5.46. The highest BCUT2D eigenvalue weighted by Gasteiger charge is 1.96. The molecule has 0 saturated carbocycles. The van der Waals surface area contributed by atoms with Crippen LogP contribution in [0.1, 0.15) is 6.92 Å². The summed E-state index contributed by atoms with van der Waals surface area (Å²) >= 11 is 2.28. The fraction of sp³-hybridized carbons (Fsp3) is 1.00. The van der Waals surface area contributed by atoms with Crippen molar-refractivity contribution < 1.29 is 56.8 Å². The minimum absolute atomic E-state index is 0.521. The van der Waals surface area contributed by atoms with Crippen molar-refractivity contribution in [3.05, 3.63) is 0 Å². The molecule has 0 amide bonds. The Morgan fingerprint density at radius 3 is 0.564 bits per heavy atom. The highest BCUT2D eigenvalue weighted by molar-refractivity contribution is 14.1. The van der Waals surface area contributed by atoms with Crippen LogP contribution in [-0.4, -0.2) is 163 Å². The van der Waals surface area contributed by atoms with Crippen molar-refractivity contribution >= 4 is 22.6 Å². The van der Waals surface area contributed by atoms with Crippen LogP contribution in [0.4, 0.5) is 0 Å². The fourth-order valence-electron chi connectivity index (χ4n) is 2.62. The van der Waals surface area contributed by atoms with Crippen LogP contribution in [0.2, 0.25) is 0 Å². The molecule has 0 spiro atoms. The van der Waals surface area contributed by atoms with Crippen LogP contribution in [0, 0.1) is 0 Å². The van der Waals surface area contributed by atoms with Gasteiger partial charge in [-0.2, -0.15) is 0 Å². The van der Waals surface area contributed by atoms with Crippen LogP contribution >= 0.6 is 22.6 Å². The van der Waals surface area contributed by atoms with Gasteiger partial charge < -0.3 is 56.8 Å². The minimum atomic E-state index is 0.521. The van der Waals surface area contributed by atoms with Gasteiger partial charge >= 0.3 is 0 Å². The van der Waals surface area contributed by atoms with Crippen LogP contribution in [-0.2, 0) is 56.8 Å². The van der Waals surface area contributed by atoms with E-state index in [1.54, 1.807) is 0 Å². The predicted molar refractivity (Wildman–Crippen MR) is 154 cm³/mol. The first-order valence-electron chi connectivity index (χ1n) is 13.9. The lowest BCUT2D eigenvalue weighted by Gasteiger charge is -2.09. The molecule has 0 radical (unpaired) electrons. The Hall–Kier alpha value is 0.250. The second-order valence-electron chi connectivity index (χ2n) is 7.62. The maximum absolute atomic E-state index is 5.46. The van der Waals surface area contributed by atoms with E-state index in [0.29, 0.717) is 152 Å². The van der Waals surface area contributed by atoms with Crippen LogP contribution in [0.5, 0.6) is 0 Å². The Kier molecular flexibility index (Phi) is 38.5. The topological polar surface area (TPSA) is 111 Å². The zero-order chi connectivity index (χ0) is 28.2. The summed E-state index contributed by atoms with van der Waals surface area (Å²) in [7, 11) is 0. The van der Waals surface area contributed by atoms with E-state index in [4.69, 9.17) is 56.8 Å². The quantitative estimate of drug-likeness (QED) is 0.0544. The predicted octanol–water partition coefficient (Wildman–Crippen LogP) is 1.64. The van der Waals surface area contributed by atoms with Crippen molar-refractivity contribution in [1.29, 1.82) is 0 Å². The standard InChI is InChI=1S/C26H53IO12/c1-2-28-5-6-30-9-10-32-13-14-34-17-18-36-21-22-38-25-26-39-24-23-37-20-19-35-16-15-33-12-11-31-8-7-29-4-3-27/h2-26H2,1H3. The average Bonchev–Trinajstić information content (AvgIpc) is 2.95. The van der Waals surface area contributed by atoms with Gasteiger partial charge in [0.2, 0.25) is 0 Å². The molecule has 0 heterocycles. The Morgan fingerprint density at radius 2 is 0.410 bits per heavy atom. The highest BCUT2D eigenvalue weighted by Crippen LogP contribution is 1.87. The van der Waals surface area contributed by atoms with Crippen molar-refractivity contribution in [1.82, 2.24) is 0 Å². The molecule has 0 N–H and O–H groups in total. The summed E-state index contributed by atoms with van der Waals surface area (Å²) in [6.45, 7) is 15.5. The molecule has 0 aromatic rings. The molecule has 0 aliphatic rings. The summed E-state index contributed by atoms with van der Waals surface area (Å²) in [6.07, 6.45) is 0. The van der Waals surface area contributed by atoms with E-state index in [0.717, 1.165) is 11.0 Å². The summed E-state index contributed by atoms with van der Waals surface area (Å²) in [5.74, 6) is 0. The van der Waals surface area contributed by atoms with Crippen LogP contribution < -0.4 is 0 Å². The molecular formula is C26H53IO12. The zero-order valence-electron chi connectivity index (χ0n) is 24.0. The summed E-state index contributed by atoms with van der Waals surface area (Å²) in [4.78, 5) is 0. The molecule has 0 aliphatic carbocycles. The van der Waals surface area contributed by atoms with Gasteiger partial charge in [0.05, 0.1) is 152 Å². The minimum Gasteiger partial charge on any atom is -0.379 e. The van der Waals surface area contributed by atoms with E-state index in [-0.39, 0.29) is 0 Å². The largest absolute Gasteiger partial charge is 0.379 e. The van der Waals surface area contributed by atoms with Crippen molar-refractivity contribution in [2.45, 2.75) is 6.92 Å². The number of hydrogen-bond acceptors (Lipinski definition) is 12. The second-order valence-corrected chi connectivity index (χ2v) is 8.70. The Balaban J connectivity index is 3.01. The lowest BCUT2D eigenvalue weighted by molar-refractivity contribution is -0.0281. The van der Waals surface area contributed by atoms with E-state index in [9.17, 15) is 0 Å². The molecule has 236 valence electrons. The highest BCUT2D eigenvalue weighted by atomic mass is 127. The van der Waals surface area contributed by atoms with Gasteiger partial charge in [-0.25, -0.2) is 0 Å². The van der Waals surface area contributed by atoms with Gasteiger partial charge in [-0.15, -0.1) is 0 Å². The lowest BCUT2D eigenvalue weighted by Crippen LogP contribution is -2.15. The molecule has 0 saturated heterocycles. The molecule has 0 aromatic heterocycles. The molecule has 0 atom stereocenters. The third-order valence-electron chi connectivity index (χ3n) is 4.52. The Labute approximate surface area is 248 Å². The maximum Gasteiger partial charge on any atom is 0.0701 e. The molecule has 0 aromatic carbocycles. The summed E-state index contributed by atoms with van der Waals surface area (Å²) in [5.41, 5.74) is 0. The van der Waals surface area contributed by atoms with Crippen LogP contribution in [0.3, 0.4) is 0 Å². The van der Waals surface area contributed by atoms with Gasteiger partial charge in [-0.05, 0) is 6.92 Å². The number of ether oxygens (including phenoxy) is 12. The first-order chi connectivity index (χ1) is 19.4. The smallest absolute Gasteiger partial charge is 0.0701 e. The Morgan fingerprint density at radius 1 is 0.256 bits per heavy atom. The van der Waals surface area contributed by atoms with Gasteiger partial charge in [0, 0.05) is 11.0 Å². The summed E-state index contributed by atoms with van der Waals surface area (Å²) < 4.78 is 65.8. The molecule has 0 fully saturated rings. The third kappa shape index (κ3) is 38.2. The van der Waals surface area contributed by atoms with Gasteiger partial charge in [0.1, 0.15) is 0 Å². The van der Waals surface area contributed by atoms with E-state index < -0.39 is 0 Å². The van der Waals surface area contributed by atoms with E-state index in [1.165, 1.54) is 0 Å². The van der Waals surface area contributed by atoms with Crippen molar-refractivity contribution in [2.75, 3.05) is 163 Å². The van der Waals surface area contributed by atoms with Gasteiger partial charge in [0.15, 0.2) is 0 Å². The first kappa shape index (κ1) is 39.2. The van der Waals surface area contributed by atoms with Gasteiger partial charge in [0.25, 0.3) is 0 Å². The van der Waals surface area contributed by atoms with E-state index in [1.807, 2.05) is 6.92 Å². The molecule has 39 heavy (non-hydrogen) atoms. The van der Waals surface area contributed by atoms with Crippen LogP contribution in [0.15, 0.2) is 0 Å². The first-order valence-corrected chi connectivity index (χ1v) is 15.4. The van der Waals surface area contributed by atoms with Gasteiger partial charge in [-0.3, -0.25) is 0 Å². The molecule has 0 rings (SSSR count). The number of halogens is 1. The third-order valence-corrected chi connectivity index (χ3v) is 4.96. The van der Waals surface area contributed by atoms with E-state index in [2.05, 4.69) is 22.6 Å². The lowest BCUT2D eigenvalue weighted by atomic mass is 10.6. The summed E-state index contributed by atoms with van der Waals surface area (Å²) in [5, 5.41) is 0. The van der Waals surface area contributed by atoms with E-state index >= 15 is 0 Å². The SMILES string of the molecule is CCOCCOCCOCCOCCOCCOCCOCCOCCOCCOCCOCCOCCI. The number of alkyl halides is 1. The zero-order valence-corrected chi connectivity index (χ0v) is 26.1. The summed E-state index contributed by atoms with van der Waals surface area (Å²) in [6, 6.07) is 0. The second kappa shape index (κ2) is 38.2. The molecule has 0 aliphatic heterocycles. The molecular weight excluding hydrogens is 631 g/mol. The Bertz CT molecular complexity index is 390. The fourth-order valence-corrected chi connectivity index (χ4v) is 2.93. The molecule has 13 heteroatoms. The van der Waals surface area contributed by atoms with Crippen molar-refractivity contribution in [3.63, 3.8) is 0 Å². The van der Waals surface area contributed by atoms with Gasteiger partial charge in [-0.1, -0.05) is 22.6 Å². The number of hydrogen-bond donors (Lipinski definition) is 0. The normalized spacial score (nSPS) is 11.5. The number of rotatable bonds is 36. The van der Waals surface area contributed by atoms with Crippen LogP contribution in [0.25, 0.3) is 0 Å². The average molecular weight is 685 g/mol. The van der Waals surface area contributed by atoms with Crippen molar-refractivity contribution in [2.24, 2.45) is 0 Å². The molecule has 0 unspecified atom stereocenters.